The lowest BCUT2D eigenvalue weighted by atomic mass is 10.00. The lowest BCUT2D eigenvalue weighted by molar-refractivity contribution is -0.211. The first-order valence-electron chi connectivity index (χ1n) is 31.0. The Morgan fingerprint density at radius 1 is 0.486 bits per heavy atom. The SMILES string of the molecule is CN.CN.C[C@@H]1[C@@H]2NP(=O)([O-])OC[C@H]3O[C@@H](n4cnc5c(=O)[nH]c(N)nc54)[C@H](O[Si](C)(C)C(C)(C)C)[C@@H]3NP(=O)([O-])OC[C@H]2O[C@H]1n1cnc2c(=O)[nH]c(N)nc21.N.Nc1nc2c(ncn2[C@@H]2O[C@@H]3COP(=O)([O-])N[C@H]4[C@@H](O)[C@H](n5cnc6c(=O)[nH]c(N)nc65)O[C@@H]4COP(=O)([O-])N[C@H]3[C@H]2O)c(=O)[nH]1.[NH4+]. The van der Waals surface area contributed by atoms with Crippen LogP contribution in [0.5, 0.6) is 0 Å². The molecule has 29 N–H and O–H groups in total. The molecular weight excluding hydrogens is 1500 g/mol. The number of H-pyrrole nitrogens is 4. The summed E-state index contributed by atoms with van der Waals surface area (Å²) < 4.78 is 111. The molecule has 0 spiro atoms. The first kappa shape index (κ1) is 81.9. The first-order valence-corrected chi connectivity index (χ1v) is 40.1. The first-order chi connectivity index (χ1) is 48.4. The topological polar surface area (TPSA) is 814 Å². The number of rotatable bonds is 6. The second-order valence-corrected chi connectivity index (χ2v) is 36.1. The van der Waals surface area contributed by atoms with Gasteiger partial charge in [-0.1, -0.05) is 27.7 Å². The van der Waals surface area contributed by atoms with Crippen molar-refractivity contribution in [2.24, 2.45) is 17.4 Å². The van der Waals surface area contributed by atoms with Crippen LogP contribution in [0.1, 0.15) is 52.6 Å². The highest BCUT2D eigenvalue weighted by Crippen LogP contribution is 2.50. The van der Waals surface area contributed by atoms with Crippen molar-refractivity contribution >= 4 is 108 Å². The minimum atomic E-state index is -5.09. The zero-order valence-electron chi connectivity index (χ0n) is 57.2. The van der Waals surface area contributed by atoms with E-state index in [1.54, 1.807) is 6.92 Å². The van der Waals surface area contributed by atoms with E-state index < -0.39 is 186 Å². The Bertz CT molecular complexity index is 4790. The van der Waals surface area contributed by atoms with Gasteiger partial charge in [0.1, 0.15) is 49.0 Å². The molecule has 6 fully saturated rings. The number of nitrogens with two attached hydrogens (primary N) is 6. The van der Waals surface area contributed by atoms with E-state index in [0.717, 1.165) is 21.8 Å². The summed E-state index contributed by atoms with van der Waals surface area (Å²) in [5.41, 5.74) is 28.7. The molecule has 0 bridgehead atoms. The third-order valence-electron chi connectivity index (χ3n) is 17.8. The molecule has 582 valence electrons. The second-order valence-electron chi connectivity index (χ2n) is 25.3. The summed E-state index contributed by atoms with van der Waals surface area (Å²) in [6.07, 6.45) is -10.3. The average Bonchev–Trinajstić information content (AvgIpc) is 1.62. The van der Waals surface area contributed by atoms with Crippen LogP contribution in [0.3, 0.4) is 0 Å². The highest BCUT2D eigenvalue weighted by atomic mass is 31.2. The van der Waals surface area contributed by atoms with Crippen LogP contribution in [0.15, 0.2) is 44.5 Å². The fraction of sp³-hybridized carbons (Fsp3) is 0.592. The maximum atomic E-state index is 13.8. The van der Waals surface area contributed by atoms with Gasteiger partial charge in [0, 0.05) is 12.0 Å². The van der Waals surface area contributed by atoms with Crippen molar-refractivity contribution in [2.75, 3.05) is 63.5 Å². The lowest BCUT2D eigenvalue weighted by Gasteiger charge is -2.42. The molecule has 0 aromatic carbocycles. The predicted molar refractivity (Wildman–Crippen MR) is 362 cm³/mol. The molecule has 0 saturated carbocycles. The Labute approximate surface area is 591 Å². The van der Waals surface area contributed by atoms with Crippen LogP contribution in [0.25, 0.3) is 44.7 Å². The number of nitrogens with zero attached hydrogens (tertiary/aromatic N) is 12. The number of aliphatic hydroxyl groups excluding tert-OH is 2. The van der Waals surface area contributed by atoms with Crippen molar-refractivity contribution in [3.05, 3.63) is 66.7 Å². The maximum absolute atomic E-state index is 13.8. The van der Waals surface area contributed by atoms with Crippen molar-refractivity contribution in [2.45, 2.75) is 138 Å². The van der Waals surface area contributed by atoms with E-state index in [9.17, 15) is 67.2 Å². The molecule has 0 aliphatic carbocycles. The number of quaternary nitrogens is 1. The number of ether oxygens (including phenoxy) is 4. The zero-order valence-corrected chi connectivity index (χ0v) is 61.7. The van der Waals surface area contributed by atoms with E-state index in [1.165, 1.54) is 35.9 Å². The molecule has 0 radical (unpaired) electrons. The largest absolute Gasteiger partial charge is 0.766 e. The summed E-state index contributed by atoms with van der Waals surface area (Å²) in [5, 5.41) is 31.2. The van der Waals surface area contributed by atoms with E-state index >= 15 is 0 Å². The number of anilines is 4. The number of aromatic nitrogens is 16. The molecule has 6 saturated heterocycles. The van der Waals surface area contributed by atoms with Crippen molar-refractivity contribution in [3.8, 4) is 0 Å². The van der Waals surface area contributed by atoms with Crippen molar-refractivity contribution < 1.29 is 89.5 Å². The molecule has 6 aliphatic heterocycles. The number of imidazole rings is 4. The predicted octanol–water partition coefficient (Wildman–Crippen LogP) is -6.34. The minimum absolute atomic E-state index is 0. The van der Waals surface area contributed by atoms with Gasteiger partial charge in [0.15, 0.2) is 71.7 Å². The van der Waals surface area contributed by atoms with Gasteiger partial charge in [-0.05, 0) is 32.2 Å². The smallest absolute Gasteiger partial charge is 0.280 e. The highest BCUT2D eigenvalue weighted by Gasteiger charge is 2.55. The lowest BCUT2D eigenvalue weighted by Crippen LogP contribution is -2.53. The number of hydrogen-bond acceptors (Lipinski definition) is 38. The van der Waals surface area contributed by atoms with Crippen molar-refractivity contribution in [1.82, 2.24) is 111 Å². The van der Waals surface area contributed by atoms with Gasteiger partial charge < -0.3 is 118 Å². The molecule has 6 aliphatic rings. The van der Waals surface area contributed by atoms with E-state index in [2.05, 4.69) is 91.6 Å². The van der Waals surface area contributed by atoms with E-state index in [0.29, 0.717) is 0 Å². The van der Waals surface area contributed by atoms with Gasteiger partial charge >= 0.3 is 0 Å². The Balaban J connectivity index is 0.000000230. The fourth-order valence-corrected chi connectivity index (χ4v) is 17.9. The van der Waals surface area contributed by atoms with Crippen LogP contribution < -0.4 is 109 Å². The Kier molecular flexibility index (Phi) is 24.0. The Morgan fingerprint density at radius 3 is 1.07 bits per heavy atom. The van der Waals surface area contributed by atoms with Gasteiger partial charge in [0.2, 0.25) is 54.8 Å². The van der Waals surface area contributed by atoms with Crippen LogP contribution in [0, 0.1) is 5.92 Å². The Hall–Kier alpha value is -7.18. The summed E-state index contributed by atoms with van der Waals surface area (Å²) in [5.74, 6) is -1.64. The van der Waals surface area contributed by atoms with Crippen LogP contribution in [0.4, 0.5) is 23.8 Å². The van der Waals surface area contributed by atoms with Gasteiger partial charge in [0.25, 0.3) is 22.2 Å². The monoisotopic (exact) mass is 1580 g/mol. The molecule has 14 heterocycles. The number of aliphatic hydroxyl groups is 2. The third-order valence-corrected chi connectivity index (χ3v) is 26.7. The van der Waals surface area contributed by atoms with Crippen LogP contribution in [0.2, 0.25) is 18.1 Å². The summed E-state index contributed by atoms with van der Waals surface area (Å²) in [6, 6.07) is -5.47. The average molecular weight is 1580 g/mol. The third kappa shape index (κ3) is 16.3. The molecule has 8 aromatic rings. The molecule has 14 rings (SSSR count). The molecule has 8 aromatic heterocycles. The quantitative estimate of drug-likeness (QED) is 0.0544. The maximum Gasteiger partial charge on any atom is 0.280 e. The second kappa shape index (κ2) is 30.8. The number of hydrogen-bond donors (Lipinski definition) is 18. The van der Waals surface area contributed by atoms with Gasteiger partial charge in [0.05, 0.1) is 69.9 Å². The van der Waals surface area contributed by atoms with Crippen LogP contribution in [-0.4, -0.2) is 204 Å². The van der Waals surface area contributed by atoms with Crippen molar-refractivity contribution in [1.29, 1.82) is 0 Å². The molecule has 105 heavy (non-hydrogen) atoms. The summed E-state index contributed by atoms with van der Waals surface area (Å²) in [4.78, 5) is 145. The van der Waals surface area contributed by atoms with Gasteiger partial charge in [-0.2, -0.15) is 19.9 Å². The zero-order chi connectivity index (χ0) is 75.1. The minimum Gasteiger partial charge on any atom is -0.766 e. The van der Waals surface area contributed by atoms with E-state index in [1.807, 2.05) is 33.9 Å². The van der Waals surface area contributed by atoms with Gasteiger partial charge in [-0.25, -0.2) is 35.2 Å². The number of nitrogen functional groups attached to an aromatic ring is 4. The number of aromatic amines is 4. The Morgan fingerprint density at radius 2 is 0.743 bits per heavy atom. The van der Waals surface area contributed by atoms with Crippen LogP contribution in [-0.2, 0) is 59.7 Å². The summed E-state index contributed by atoms with van der Waals surface area (Å²) in [7, 11) is -19.9. The standard InChI is InChI=1S/C27H42N12O11P2Si.C20H26N12O12P2.2CH5N.2H3N/c1-11-14-12(48-23(11)38-9-30-16-19(38)32-25(28)34-21(16)40)7-46-52(44,45)37-15-13(8-47-51(42,43)36-14)49-24(18(15)50-53(5,6)27(2,3)4)39-10-31-17-20(39)33-26(29)35-22(17)41;21-19-25-13-9(15(35)27-19)23-3-31(13)17-11(33)7-5(43-17)1-41-45(37,38)30-8-6(2-42-46(39,40)29-7)44-18(12(8)34)32-4-24-10-14(32)26-20(22)28-16(10)36;2*1-2;;/h9-15,18,23-24H,7-8H2,1-6H3,(H2,36,42,43)(H2,37,44,45)(H3,28,32,34,40)(H3,29,33,35,41);3-8,11-12,17-18,33-34H,1-2H2,(H2,29,39,40)(H2,30,37,38)(H3,21,25,27,35)(H3,22,26,28,36);2*2H2,1H3;2*1H3/p-3/t11-,12-,13-,14+,15-,18-,23-,24-;5-,6-,7-,8-,11-,12-,17-,18-;;;;/m11..../s1. The summed E-state index contributed by atoms with van der Waals surface area (Å²) >= 11 is 0. The van der Waals surface area contributed by atoms with Crippen LogP contribution >= 0.6 is 31.0 Å². The molecule has 51 nitrogen and oxygen atoms in total. The molecule has 4 unspecified atom stereocenters. The van der Waals surface area contributed by atoms with E-state index in [-0.39, 0.29) is 85.8 Å². The fourth-order valence-electron chi connectivity index (χ4n) is 12.1. The summed E-state index contributed by atoms with van der Waals surface area (Å²) in [6.45, 7) is 8.50. The van der Waals surface area contributed by atoms with Crippen molar-refractivity contribution in [3.63, 3.8) is 0 Å². The molecule has 0 amide bonds. The highest BCUT2D eigenvalue weighted by molar-refractivity contribution is 7.50. The van der Waals surface area contributed by atoms with E-state index in [4.69, 9.17) is 64.4 Å². The number of nitrogens with one attached hydrogen (secondary N) is 8. The van der Waals surface area contributed by atoms with Gasteiger partial charge in [-0.3, -0.25) is 80.7 Å². The molecule has 56 heteroatoms. The normalized spacial score (nSPS) is 33.8. The number of fused-ring (bicyclic) bond motifs is 8. The molecular formula is C49H81N28O23P4Si-3. The van der Waals surface area contributed by atoms with Gasteiger partial charge in [-0.15, -0.1) is 0 Å². The molecule has 20 atom stereocenters.